The molecule has 94 valence electrons. The molecule has 1 saturated carbocycles. The monoisotopic (exact) mass is 296 g/mol. The molecule has 1 aliphatic rings. The average molecular weight is 297 g/mol. The van der Waals surface area contributed by atoms with Crippen LogP contribution in [-0.2, 0) is 0 Å². The fourth-order valence-electron chi connectivity index (χ4n) is 2.84. The van der Waals surface area contributed by atoms with Crippen molar-refractivity contribution in [2.75, 3.05) is 7.11 Å². The quantitative estimate of drug-likeness (QED) is 0.750. The van der Waals surface area contributed by atoms with E-state index in [2.05, 4.69) is 41.1 Å². The summed E-state index contributed by atoms with van der Waals surface area (Å²) in [6, 6.07) is 6.53. The lowest BCUT2D eigenvalue weighted by atomic mass is 9.78. The Bertz CT molecular complexity index is 367. The summed E-state index contributed by atoms with van der Waals surface area (Å²) in [4.78, 5) is 0. The standard InChI is InChI=1S/C15H21BrO/c1-3-11-4-6-12(7-5-11)13-8-9-15(17-2)14(16)10-13/h8-12H,3-7H2,1-2H3. The van der Waals surface area contributed by atoms with Crippen LogP contribution in [0, 0.1) is 5.92 Å². The molecule has 2 heteroatoms. The second-order valence-corrected chi connectivity index (χ2v) is 5.87. The average Bonchev–Trinajstić information content (AvgIpc) is 2.39. The van der Waals surface area contributed by atoms with Gasteiger partial charge < -0.3 is 4.74 Å². The van der Waals surface area contributed by atoms with Crippen LogP contribution in [0.15, 0.2) is 22.7 Å². The number of hydrogen-bond donors (Lipinski definition) is 0. The van der Waals surface area contributed by atoms with Gasteiger partial charge in [-0.2, -0.15) is 0 Å². The molecule has 0 spiro atoms. The number of ether oxygens (including phenoxy) is 1. The van der Waals surface area contributed by atoms with Crippen LogP contribution in [-0.4, -0.2) is 7.11 Å². The SMILES string of the molecule is CCC1CCC(c2ccc(OC)c(Br)c2)CC1. The lowest BCUT2D eigenvalue weighted by Crippen LogP contribution is -2.12. The van der Waals surface area contributed by atoms with E-state index in [0.29, 0.717) is 0 Å². The van der Waals surface area contributed by atoms with Gasteiger partial charge in [0.05, 0.1) is 11.6 Å². The molecule has 1 nitrogen and oxygen atoms in total. The molecule has 0 heterocycles. The van der Waals surface area contributed by atoms with Crippen LogP contribution < -0.4 is 4.74 Å². The highest BCUT2D eigenvalue weighted by Crippen LogP contribution is 2.38. The minimum atomic E-state index is 0.750. The van der Waals surface area contributed by atoms with Gasteiger partial charge >= 0.3 is 0 Å². The van der Waals surface area contributed by atoms with Crippen molar-refractivity contribution in [3.63, 3.8) is 0 Å². The molecule has 17 heavy (non-hydrogen) atoms. The third-order valence-electron chi connectivity index (χ3n) is 4.07. The summed E-state index contributed by atoms with van der Waals surface area (Å²) in [5.41, 5.74) is 1.47. The lowest BCUT2D eigenvalue weighted by Gasteiger charge is -2.28. The van der Waals surface area contributed by atoms with Crippen molar-refractivity contribution in [2.24, 2.45) is 5.92 Å². The van der Waals surface area contributed by atoms with Gasteiger partial charge in [-0.1, -0.05) is 19.4 Å². The number of methoxy groups -OCH3 is 1. The molecule has 0 unspecified atom stereocenters. The molecule has 0 radical (unpaired) electrons. The number of halogens is 1. The Balaban J connectivity index is 2.06. The summed E-state index contributed by atoms with van der Waals surface area (Å²) >= 11 is 3.57. The maximum Gasteiger partial charge on any atom is 0.133 e. The summed E-state index contributed by atoms with van der Waals surface area (Å²) < 4.78 is 6.35. The molecule has 0 atom stereocenters. The first-order chi connectivity index (χ1) is 8.24. The molecule has 0 saturated heterocycles. The van der Waals surface area contributed by atoms with Crippen LogP contribution in [0.5, 0.6) is 5.75 Å². The van der Waals surface area contributed by atoms with Crippen LogP contribution in [0.3, 0.4) is 0 Å². The van der Waals surface area contributed by atoms with Gasteiger partial charge in [0.2, 0.25) is 0 Å². The highest BCUT2D eigenvalue weighted by molar-refractivity contribution is 9.10. The Hall–Kier alpha value is -0.500. The van der Waals surface area contributed by atoms with Crippen LogP contribution in [0.25, 0.3) is 0 Å². The molecule has 1 fully saturated rings. The predicted octanol–water partition coefficient (Wildman–Crippen LogP) is 5.14. The molecule has 1 aromatic carbocycles. The van der Waals surface area contributed by atoms with Crippen LogP contribution in [0.2, 0.25) is 0 Å². The zero-order chi connectivity index (χ0) is 12.3. The van der Waals surface area contributed by atoms with Gasteiger partial charge in [0.1, 0.15) is 5.75 Å². The Kier molecular flexibility index (Phi) is 4.49. The summed E-state index contributed by atoms with van der Waals surface area (Å²) in [6.07, 6.45) is 6.82. The molecule has 0 aromatic heterocycles. The van der Waals surface area contributed by atoms with Gasteiger partial charge in [-0.05, 0) is 71.1 Å². The van der Waals surface area contributed by atoms with Crippen LogP contribution in [0.4, 0.5) is 0 Å². The van der Waals surface area contributed by atoms with Crippen molar-refractivity contribution in [1.82, 2.24) is 0 Å². The van der Waals surface area contributed by atoms with E-state index < -0.39 is 0 Å². The van der Waals surface area contributed by atoms with Gasteiger partial charge in [0.15, 0.2) is 0 Å². The van der Waals surface area contributed by atoms with E-state index in [4.69, 9.17) is 4.74 Å². The molecule has 2 rings (SSSR count). The van der Waals surface area contributed by atoms with Gasteiger partial charge in [0, 0.05) is 0 Å². The first-order valence-corrected chi connectivity index (χ1v) is 7.37. The van der Waals surface area contributed by atoms with E-state index in [1.165, 1.54) is 37.7 Å². The molecule has 0 N–H and O–H groups in total. The summed E-state index contributed by atoms with van der Waals surface area (Å²) in [7, 11) is 1.71. The highest BCUT2D eigenvalue weighted by Gasteiger charge is 2.21. The van der Waals surface area contributed by atoms with Crippen molar-refractivity contribution in [2.45, 2.75) is 44.9 Å². The highest BCUT2D eigenvalue weighted by atomic mass is 79.9. The van der Waals surface area contributed by atoms with E-state index in [-0.39, 0.29) is 0 Å². The van der Waals surface area contributed by atoms with Gasteiger partial charge in [-0.25, -0.2) is 0 Å². The number of hydrogen-bond acceptors (Lipinski definition) is 1. The van der Waals surface area contributed by atoms with E-state index in [1.54, 1.807) is 7.11 Å². The molecular weight excluding hydrogens is 276 g/mol. The van der Waals surface area contributed by atoms with Crippen molar-refractivity contribution in [3.8, 4) is 5.75 Å². The Morgan fingerprint density at radius 2 is 1.94 bits per heavy atom. The Labute approximate surface area is 113 Å². The van der Waals surface area contributed by atoms with Crippen molar-refractivity contribution in [1.29, 1.82) is 0 Å². The van der Waals surface area contributed by atoms with Crippen LogP contribution >= 0.6 is 15.9 Å². The van der Waals surface area contributed by atoms with Gasteiger partial charge in [0.25, 0.3) is 0 Å². The number of rotatable bonds is 3. The summed E-state index contributed by atoms with van der Waals surface area (Å²) in [5, 5.41) is 0. The number of benzene rings is 1. The van der Waals surface area contributed by atoms with Crippen molar-refractivity contribution >= 4 is 15.9 Å². The minimum absolute atomic E-state index is 0.750. The third-order valence-corrected chi connectivity index (χ3v) is 4.69. The van der Waals surface area contributed by atoms with E-state index in [9.17, 15) is 0 Å². The van der Waals surface area contributed by atoms with E-state index in [1.807, 2.05) is 0 Å². The van der Waals surface area contributed by atoms with E-state index >= 15 is 0 Å². The molecule has 1 aliphatic carbocycles. The van der Waals surface area contributed by atoms with E-state index in [0.717, 1.165) is 22.1 Å². The summed E-state index contributed by atoms with van der Waals surface area (Å²) in [6.45, 7) is 2.31. The second kappa shape index (κ2) is 5.90. The van der Waals surface area contributed by atoms with Gasteiger partial charge in [-0.15, -0.1) is 0 Å². The fourth-order valence-corrected chi connectivity index (χ4v) is 3.40. The first kappa shape index (κ1) is 12.9. The smallest absolute Gasteiger partial charge is 0.133 e. The molecular formula is C15H21BrO. The maximum absolute atomic E-state index is 5.27. The Morgan fingerprint density at radius 3 is 2.47 bits per heavy atom. The van der Waals surface area contributed by atoms with Gasteiger partial charge in [-0.3, -0.25) is 0 Å². The lowest BCUT2D eigenvalue weighted by molar-refractivity contribution is 0.318. The second-order valence-electron chi connectivity index (χ2n) is 5.02. The zero-order valence-electron chi connectivity index (χ0n) is 10.7. The largest absolute Gasteiger partial charge is 0.496 e. The third kappa shape index (κ3) is 3.04. The fraction of sp³-hybridized carbons (Fsp3) is 0.600. The topological polar surface area (TPSA) is 9.23 Å². The van der Waals surface area contributed by atoms with Crippen LogP contribution in [0.1, 0.15) is 50.5 Å². The predicted molar refractivity (Wildman–Crippen MR) is 75.7 cm³/mol. The normalized spacial score (nSPS) is 24.6. The Morgan fingerprint density at radius 1 is 1.24 bits per heavy atom. The maximum atomic E-state index is 5.27. The minimum Gasteiger partial charge on any atom is -0.496 e. The van der Waals surface area contributed by atoms with Crippen molar-refractivity contribution in [3.05, 3.63) is 28.2 Å². The first-order valence-electron chi connectivity index (χ1n) is 6.58. The summed E-state index contributed by atoms with van der Waals surface area (Å²) in [5.74, 6) is 2.64. The molecule has 1 aromatic rings. The molecule has 0 bridgehead atoms. The molecule has 0 amide bonds. The zero-order valence-corrected chi connectivity index (χ0v) is 12.3. The van der Waals surface area contributed by atoms with Crippen molar-refractivity contribution < 1.29 is 4.74 Å². The molecule has 0 aliphatic heterocycles.